The van der Waals surface area contributed by atoms with Crippen LogP contribution in [0.5, 0.6) is 0 Å². The third-order valence-corrected chi connectivity index (χ3v) is 3.19. The van der Waals surface area contributed by atoms with Gasteiger partial charge < -0.3 is 14.7 Å². The molecule has 7 nitrogen and oxygen atoms in total. The monoisotopic (exact) mass is 279 g/mol. The Morgan fingerprint density at radius 2 is 2.25 bits per heavy atom. The van der Waals surface area contributed by atoms with E-state index in [4.69, 9.17) is 9.84 Å². The van der Waals surface area contributed by atoms with Gasteiger partial charge in [-0.1, -0.05) is 6.92 Å². The second kappa shape index (κ2) is 5.96. The molecule has 1 unspecified atom stereocenters. The Labute approximate surface area is 116 Å². The number of aliphatic carboxylic acids is 1. The number of hydrogen-bond donors (Lipinski definition) is 1. The molecule has 2 rings (SSSR count). The lowest BCUT2D eigenvalue weighted by atomic mass is 10.1. The zero-order valence-corrected chi connectivity index (χ0v) is 11.5. The van der Waals surface area contributed by atoms with Gasteiger partial charge in [0.25, 0.3) is 5.91 Å². The highest BCUT2D eigenvalue weighted by Crippen LogP contribution is 2.14. The number of hydrogen-bond acceptors (Lipinski definition) is 5. The summed E-state index contributed by atoms with van der Waals surface area (Å²) in [6, 6.07) is 1.69. The van der Waals surface area contributed by atoms with Crippen LogP contribution < -0.4 is 0 Å². The Hall–Kier alpha value is -2.02. The van der Waals surface area contributed by atoms with Gasteiger partial charge in [0.15, 0.2) is 6.10 Å². The van der Waals surface area contributed by atoms with Crippen LogP contribution in [0.15, 0.2) is 6.07 Å². The van der Waals surface area contributed by atoms with Crippen LogP contribution in [0.4, 0.5) is 0 Å². The summed E-state index contributed by atoms with van der Waals surface area (Å²) in [5.74, 6) is -1.27. The predicted molar refractivity (Wildman–Crippen MR) is 69.4 cm³/mol. The van der Waals surface area contributed by atoms with Crippen LogP contribution in [0.3, 0.4) is 0 Å². The standard InChI is InChI=1S/C13H17N3O4/c1-3-10-9(6-8(2)14-15-10)12(17)16-4-5-20-11(7-16)13(18)19/h6,11H,3-5,7H2,1-2H3,(H,18,19). The highest BCUT2D eigenvalue weighted by molar-refractivity contribution is 5.95. The van der Waals surface area contributed by atoms with Crippen LogP contribution in [0.1, 0.15) is 28.7 Å². The zero-order valence-electron chi connectivity index (χ0n) is 11.5. The van der Waals surface area contributed by atoms with Gasteiger partial charge in [0.05, 0.1) is 30.1 Å². The summed E-state index contributed by atoms with van der Waals surface area (Å²) in [6.07, 6.45) is -0.366. The van der Waals surface area contributed by atoms with Crippen molar-refractivity contribution in [3.63, 3.8) is 0 Å². The minimum atomic E-state index is -1.05. The minimum absolute atomic E-state index is 0.0543. The molecule has 1 N–H and O–H groups in total. The van der Waals surface area contributed by atoms with Crippen molar-refractivity contribution in [1.29, 1.82) is 0 Å². The van der Waals surface area contributed by atoms with Crippen LogP contribution in [0.2, 0.25) is 0 Å². The number of nitrogens with zero attached hydrogens (tertiary/aromatic N) is 3. The van der Waals surface area contributed by atoms with Gasteiger partial charge >= 0.3 is 5.97 Å². The summed E-state index contributed by atoms with van der Waals surface area (Å²) in [5, 5.41) is 16.9. The number of carboxylic acid groups (broad SMARTS) is 1. The topological polar surface area (TPSA) is 92.6 Å². The van der Waals surface area contributed by atoms with E-state index in [1.165, 1.54) is 4.90 Å². The molecule has 20 heavy (non-hydrogen) atoms. The van der Waals surface area contributed by atoms with Crippen LogP contribution >= 0.6 is 0 Å². The fraction of sp³-hybridized carbons (Fsp3) is 0.538. The molecule has 1 saturated heterocycles. The van der Waals surface area contributed by atoms with Gasteiger partial charge in [-0.25, -0.2) is 4.79 Å². The molecule has 0 radical (unpaired) electrons. The summed E-state index contributed by atoms with van der Waals surface area (Å²) in [5.41, 5.74) is 1.78. The van der Waals surface area contributed by atoms with E-state index in [1.54, 1.807) is 13.0 Å². The maximum Gasteiger partial charge on any atom is 0.334 e. The second-order valence-electron chi connectivity index (χ2n) is 4.65. The summed E-state index contributed by atoms with van der Waals surface area (Å²) in [4.78, 5) is 25.0. The Morgan fingerprint density at radius 3 is 2.90 bits per heavy atom. The van der Waals surface area contributed by atoms with Gasteiger partial charge in [-0.05, 0) is 19.4 Å². The first-order chi connectivity index (χ1) is 9.52. The van der Waals surface area contributed by atoms with Crippen LogP contribution in [-0.2, 0) is 16.0 Å². The Kier molecular flexibility index (Phi) is 4.29. The number of aromatic nitrogens is 2. The first-order valence-electron chi connectivity index (χ1n) is 6.49. The Bertz CT molecular complexity index is 532. The molecule has 0 saturated carbocycles. The van der Waals surface area contributed by atoms with Gasteiger partial charge in [-0.3, -0.25) is 4.79 Å². The number of carboxylic acids is 1. The molecule has 1 aromatic heterocycles. The van der Waals surface area contributed by atoms with Crippen LogP contribution in [0.25, 0.3) is 0 Å². The average molecular weight is 279 g/mol. The lowest BCUT2D eigenvalue weighted by Gasteiger charge is -2.31. The Balaban J connectivity index is 2.22. The van der Waals surface area contributed by atoms with E-state index in [0.29, 0.717) is 29.9 Å². The van der Waals surface area contributed by atoms with Crippen molar-refractivity contribution in [2.24, 2.45) is 0 Å². The number of carbonyl (C=O) groups excluding carboxylic acids is 1. The third kappa shape index (κ3) is 2.93. The van der Waals surface area contributed by atoms with E-state index >= 15 is 0 Å². The van der Waals surface area contributed by atoms with Crippen molar-refractivity contribution in [2.75, 3.05) is 19.7 Å². The van der Waals surface area contributed by atoms with Gasteiger partial charge in [0.1, 0.15) is 0 Å². The first kappa shape index (κ1) is 14.4. The molecular formula is C13H17N3O4. The van der Waals surface area contributed by atoms with Crippen molar-refractivity contribution in [3.8, 4) is 0 Å². The predicted octanol–water partition coefficient (Wildman–Crippen LogP) is 0.273. The van der Waals surface area contributed by atoms with Gasteiger partial charge in [-0.2, -0.15) is 10.2 Å². The van der Waals surface area contributed by atoms with Crippen molar-refractivity contribution in [2.45, 2.75) is 26.4 Å². The molecule has 108 valence electrons. The molecule has 1 fully saturated rings. The highest BCUT2D eigenvalue weighted by Gasteiger charge is 2.30. The molecule has 1 amide bonds. The van der Waals surface area contributed by atoms with E-state index in [1.807, 2.05) is 6.92 Å². The van der Waals surface area contributed by atoms with Crippen LogP contribution in [-0.4, -0.2) is 57.9 Å². The van der Waals surface area contributed by atoms with Gasteiger partial charge in [-0.15, -0.1) is 0 Å². The SMILES string of the molecule is CCc1nnc(C)cc1C(=O)N1CCOC(C(=O)O)C1. The van der Waals surface area contributed by atoms with E-state index in [2.05, 4.69) is 10.2 Å². The number of morpholine rings is 1. The molecule has 1 atom stereocenters. The van der Waals surface area contributed by atoms with E-state index in [-0.39, 0.29) is 19.1 Å². The molecule has 1 aliphatic heterocycles. The maximum atomic E-state index is 12.5. The molecule has 0 aromatic carbocycles. The quantitative estimate of drug-likeness (QED) is 0.854. The normalized spacial score (nSPS) is 18.9. The largest absolute Gasteiger partial charge is 0.479 e. The molecule has 2 heterocycles. The molecular weight excluding hydrogens is 262 g/mol. The van der Waals surface area contributed by atoms with E-state index in [0.717, 1.165) is 0 Å². The van der Waals surface area contributed by atoms with Gasteiger partial charge in [0.2, 0.25) is 0 Å². The van der Waals surface area contributed by atoms with Crippen molar-refractivity contribution >= 4 is 11.9 Å². The third-order valence-electron chi connectivity index (χ3n) is 3.19. The minimum Gasteiger partial charge on any atom is -0.479 e. The summed E-state index contributed by atoms with van der Waals surface area (Å²) in [7, 11) is 0. The average Bonchev–Trinajstić information content (AvgIpc) is 2.46. The smallest absolute Gasteiger partial charge is 0.334 e. The van der Waals surface area contributed by atoms with Crippen molar-refractivity contribution in [1.82, 2.24) is 15.1 Å². The highest BCUT2D eigenvalue weighted by atomic mass is 16.5. The molecule has 0 bridgehead atoms. The lowest BCUT2D eigenvalue weighted by Crippen LogP contribution is -2.48. The molecule has 0 spiro atoms. The summed E-state index contributed by atoms with van der Waals surface area (Å²) >= 11 is 0. The first-order valence-corrected chi connectivity index (χ1v) is 6.49. The Morgan fingerprint density at radius 1 is 1.50 bits per heavy atom. The molecule has 7 heteroatoms. The number of rotatable bonds is 3. The molecule has 0 aliphatic carbocycles. The number of ether oxygens (including phenoxy) is 1. The van der Waals surface area contributed by atoms with Crippen molar-refractivity contribution < 1.29 is 19.4 Å². The summed E-state index contributed by atoms with van der Waals surface area (Å²) < 4.78 is 5.11. The fourth-order valence-electron chi connectivity index (χ4n) is 2.11. The number of amides is 1. The number of aryl methyl sites for hydroxylation is 2. The molecule has 1 aromatic rings. The van der Waals surface area contributed by atoms with E-state index < -0.39 is 12.1 Å². The van der Waals surface area contributed by atoms with Crippen LogP contribution in [0, 0.1) is 6.92 Å². The van der Waals surface area contributed by atoms with Crippen molar-refractivity contribution in [3.05, 3.63) is 23.0 Å². The zero-order chi connectivity index (χ0) is 14.7. The fourth-order valence-corrected chi connectivity index (χ4v) is 2.11. The summed E-state index contributed by atoms with van der Waals surface area (Å²) in [6.45, 7) is 4.32. The number of carbonyl (C=O) groups is 2. The molecule has 1 aliphatic rings. The van der Waals surface area contributed by atoms with E-state index in [9.17, 15) is 9.59 Å². The lowest BCUT2D eigenvalue weighted by molar-refractivity contribution is -0.154. The maximum absolute atomic E-state index is 12.5. The van der Waals surface area contributed by atoms with Gasteiger partial charge in [0, 0.05) is 6.54 Å². The second-order valence-corrected chi connectivity index (χ2v) is 4.65.